The van der Waals surface area contributed by atoms with E-state index in [9.17, 15) is 0 Å². The molecule has 1 rings (SSSR count). The van der Waals surface area contributed by atoms with Crippen molar-refractivity contribution < 1.29 is 4.74 Å². The number of guanidine groups is 1. The minimum Gasteiger partial charge on any atom is -0.381 e. The molecular formula is C17H33IN4OS. The van der Waals surface area contributed by atoms with Gasteiger partial charge in [-0.15, -0.1) is 35.3 Å². The van der Waals surface area contributed by atoms with Crippen LogP contribution < -0.4 is 10.6 Å². The van der Waals surface area contributed by atoms with Gasteiger partial charge in [-0.2, -0.15) is 0 Å². The van der Waals surface area contributed by atoms with Gasteiger partial charge in [0.1, 0.15) is 0 Å². The smallest absolute Gasteiger partial charge is 0.190 e. The fourth-order valence-electron chi connectivity index (χ4n) is 1.93. The molecular weight excluding hydrogens is 435 g/mol. The highest BCUT2D eigenvalue weighted by Crippen LogP contribution is 2.19. The van der Waals surface area contributed by atoms with Crippen molar-refractivity contribution in [2.45, 2.75) is 46.5 Å². The van der Waals surface area contributed by atoms with Crippen molar-refractivity contribution in [2.75, 3.05) is 33.4 Å². The first kappa shape index (κ1) is 23.6. The molecule has 2 N–H and O–H groups in total. The van der Waals surface area contributed by atoms with Gasteiger partial charge in [0.25, 0.3) is 0 Å². The van der Waals surface area contributed by atoms with Crippen LogP contribution in [0.5, 0.6) is 0 Å². The van der Waals surface area contributed by atoms with E-state index >= 15 is 0 Å². The summed E-state index contributed by atoms with van der Waals surface area (Å²) in [5, 5.41) is 10.0. The van der Waals surface area contributed by atoms with Gasteiger partial charge in [0, 0.05) is 51.1 Å². The maximum Gasteiger partial charge on any atom is 0.190 e. The third kappa shape index (κ3) is 10.5. The van der Waals surface area contributed by atoms with Gasteiger partial charge in [0.15, 0.2) is 5.96 Å². The van der Waals surface area contributed by atoms with E-state index in [-0.39, 0.29) is 24.0 Å². The Morgan fingerprint density at radius 1 is 1.25 bits per heavy atom. The third-order valence-electron chi connectivity index (χ3n) is 3.17. The third-order valence-corrected chi connectivity index (χ3v) is 4.36. The van der Waals surface area contributed by atoms with Crippen molar-refractivity contribution >= 4 is 41.3 Å². The molecule has 0 radical (unpaired) electrons. The van der Waals surface area contributed by atoms with Crippen LogP contribution in [0, 0.1) is 5.92 Å². The molecule has 0 aromatic carbocycles. The normalized spacial score (nSPS) is 11.7. The lowest BCUT2D eigenvalue weighted by Crippen LogP contribution is -2.39. The van der Waals surface area contributed by atoms with Gasteiger partial charge in [-0.05, 0) is 12.3 Å². The number of aliphatic imine (C=N–C) groups is 1. The van der Waals surface area contributed by atoms with Crippen molar-refractivity contribution in [1.29, 1.82) is 0 Å². The second-order valence-electron chi connectivity index (χ2n) is 6.33. The molecule has 0 fully saturated rings. The zero-order valence-corrected chi connectivity index (χ0v) is 18.7. The minimum atomic E-state index is 0. The summed E-state index contributed by atoms with van der Waals surface area (Å²) in [7, 11) is 1.80. The summed E-state index contributed by atoms with van der Waals surface area (Å²) in [6, 6.07) is 0. The minimum absolute atomic E-state index is 0. The van der Waals surface area contributed by atoms with E-state index in [1.165, 1.54) is 5.01 Å². The Morgan fingerprint density at radius 3 is 2.54 bits per heavy atom. The van der Waals surface area contributed by atoms with Crippen molar-refractivity contribution in [1.82, 2.24) is 15.6 Å². The van der Waals surface area contributed by atoms with Gasteiger partial charge >= 0.3 is 0 Å². The first-order chi connectivity index (χ1) is 11.0. The zero-order valence-electron chi connectivity index (χ0n) is 15.6. The molecule has 1 heterocycles. The highest BCUT2D eigenvalue weighted by Gasteiger charge is 2.05. The van der Waals surface area contributed by atoms with Crippen LogP contribution in [0.25, 0.3) is 0 Å². The van der Waals surface area contributed by atoms with Crippen LogP contribution in [0.3, 0.4) is 0 Å². The van der Waals surface area contributed by atoms with Gasteiger partial charge < -0.3 is 15.4 Å². The molecule has 0 amide bonds. The Kier molecular flexibility index (Phi) is 13.6. The number of hydrogen-bond donors (Lipinski definition) is 2. The molecule has 0 aliphatic rings. The lowest BCUT2D eigenvalue weighted by atomic mass is 10.2. The Balaban J connectivity index is 0.00000529. The molecule has 0 unspecified atom stereocenters. The molecule has 5 nitrogen and oxygen atoms in total. The molecule has 0 atom stereocenters. The number of ether oxygens (including phenoxy) is 1. The van der Waals surface area contributed by atoms with Gasteiger partial charge in [0.2, 0.25) is 0 Å². The molecule has 1 aromatic heterocycles. The number of aromatic nitrogens is 1. The highest BCUT2D eigenvalue weighted by atomic mass is 127. The maximum atomic E-state index is 5.56. The van der Waals surface area contributed by atoms with Gasteiger partial charge in [0.05, 0.1) is 10.7 Å². The molecule has 140 valence electrons. The number of nitrogens with one attached hydrogen (secondary N) is 2. The topological polar surface area (TPSA) is 58.5 Å². The van der Waals surface area contributed by atoms with Crippen molar-refractivity contribution in [3.63, 3.8) is 0 Å². The van der Waals surface area contributed by atoms with E-state index in [0.717, 1.165) is 50.8 Å². The summed E-state index contributed by atoms with van der Waals surface area (Å²) in [6.07, 6.45) is 1.90. The van der Waals surface area contributed by atoms with Gasteiger partial charge in [-0.1, -0.05) is 27.7 Å². The first-order valence-electron chi connectivity index (χ1n) is 8.49. The molecule has 24 heavy (non-hydrogen) atoms. The summed E-state index contributed by atoms with van der Waals surface area (Å²) in [5.74, 6) is 1.95. The number of nitrogens with zero attached hydrogens (tertiary/aromatic N) is 2. The quantitative estimate of drug-likeness (QED) is 0.238. The second-order valence-corrected chi connectivity index (χ2v) is 7.22. The van der Waals surface area contributed by atoms with Crippen LogP contribution in [0.1, 0.15) is 50.7 Å². The molecule has 7 heteroatoms. The Labute approximate surface area is 168 Å². The lowest BCUT2D eigenvalue weighted by molar-refractivity contribution is 0.108. The van der Waals surface area contributed by atoms with Crippen LogP contribution in [0.15, 0.2) is 10.4 Å². The van der Waals surface area contributed by atoms with E-state index in [1.54, 1.807) is 18.4 Å². The predicted octanol–water partition coefficient (Wildman–Crippen LogP) is 3.65. The second kappa shape index (κ2) is 13.8. The number of rotatable bonds is 10. The molecule has 1 aromatic rings. The molecule has 0 aliphatic carbocycles. The van der Waals surface area contributed by atoms with E-state index in [4.69, 9.17) is 4.74 Å². The van der Waals surface area contributed by atoms with Crippen molar-refractivity contribution in [3.05, 3.63) is 16.1 Å². The molecule has 0 saturated carbocycles. The Morgan fingerprint density at radius 2 is 1.96 bits per heavy atom. The maximum absolute atomic E-state index is 5.56. The number of hydrogen-bond acceptors (Lipinski definition) is 4. The summed E-state index contributed by atoms with van der Waals surface area (Å²) in [6.45, 7) is 12.0. The summed E-state index contributed by atoms with van der Waals surface area (Å²) in [5.41, 5.74) is 1.16. The SMILES string of the molecule is CN=C(NCCCOCC(C)C)NCCc1csc(C(C)C)n1.I. The number of thiazole rings is 1. The zero-order chi connectivity index (χ0) is 17.1. The van der Waals surface area contributed by atoms with E-state index in [1.807, 2.05) is 0 Å². The molecule has 0 saturated heterocycles. The standard InChI is InChI=1S/C17H32N4OS.HI/c1-13(2)11-22-10-6-8-19-17(18-5)20-9-7-15-12-23-16(21-15)14(3)4;/h12-14H,6-11H2,1-5H3,(H2,18,19,20);1H. The van der Waals surface area contributed by atoms with E-state index in [2.05, 4.69) is 53.7 Å². The fraction of sp³-hybridized carbons (Fsp3) is 0.765. The first-order valence-corrected chi connectivity index (χ1v) is 9.37. The van der Waals surface area contributed by atoms with Crippen LogP contribution in [0.4, 0.5) is 0 Å². The predicted molar refractivity (Wildman–Crippen MR) is 115 cm³/mol. The Hall–Kier alpha value is -0.410. The van der Waals surface area contributed by atoms with Crippen LogP contribution in [-0.2, 0) is 11.2 Å². The average Bonchev–Trinajstić information content (AvgIpc) is 2.97. The average molecular weight is 468 g/mol. The lowest BCUT2D eigenvalue weighted by Gasteiger charge is -2.12. The van der Waals surface area contributed by atoms with E-state index in [0.29, 0.717) is 11.8 Å². The summed E-state index contributed by atoms with van der Waals surface area (Å²) < 4.78 is 5.56. The Bertz CT molecular complexity index is 463. The van der Waals surface area contributed by atoms with Crippen LogP contribution in [0.2, 0.25) is 0 Å². The van der Waals surface area contributed by atoms with Crippen LogP contribution >= 0.6 is 35.3 Å². The molecule has 0 aliphatic heterocycles. The van der Waals surface area contributed by atoms with Crippen molar-refractivity contribution in [2.24, 2.45) is 10.9 Å². The number of halogens is 1. The highest BCUT2D eigenvalue weighted by molar-refractivity contribution is 14.0. The monoisotopic (exact) mass is 468 g/mol. The molecule has 0 bridgehead atoms. The molecule has 0 spiro atoms. The van der Waals surface area contributed by atoms with Gasteiger partial charge in [-0.25, -0.2) is 4.98 Å². The van der Waals surface area contributed by atoms with Crippen LogP contribution in [-0.4, -0.2) is 44.3 Å². The van der Waals surface area contributed by atoms with Gasteiger partial charge in [-0.3, -0.25) is 4.99 Å². The van der Waals surface area contributed by atoms with E-state index < -0.39 is 0 Å². The van der Waals surface area contributed by atoms with Crippen molar-refractivity contribution in [3.8, 4) is 0 Å². The summed E-state index contributed by atoms with van der Waals surface area (Å²) >= 11 is 1.75. The largest absolute Gasteiger partial charge is 0.381 e. The fourth-order valence-corrected chi connectivity index (χ4v) is 2.80. The summed E-state index contributed by atoms with van der Waals surface area (Å²) in [4.78, 5) is 8.88.